The number of halogens is 2. The Morgan fingerprint density at radius 1 is 1.22 bits per heavy atom. The van der Waals surface area contributed by atoms with E-state index in [1.165, 1.54) is 0 Å². The number of hydrogen-bond donors (Lipinski definition) is 1. The summed E-state index contributed by atoms with van der Waals surface area (Å²) < 4.78 is 26.0. The topological polar surface area (TPSA) is 43.1 Å². The summed E-state index contributed by atoms with van der Waals surface area (Å²) >= 11 is 0. The van der Waals surface area contributed by atoms with Crippen molar-refractivity contribution in [1.82, 2.24) is 0 Å². The van der Waals surface area contributed by atoms with Crippen molar-refractivity contribution in [3.63, 3.8) is 0 Å². The maximum atomic E-state index is 13.0. The molecule has 0 fully saturated rings. The van der Waals surface area contributed by atoms with Crippen molar-refractivity contribution in [2.45, 2.75) is 26.7 Å². The second-order valence-corrected chi connectivity index (χ2v) is 5.02. The van der Waals surface area contributed by atoms with Crippen molar-refractivity contribution in [3.8, 4) is 0 Å². The van der Waals surface area contributed by atoms with Crippen LogP contribution in [-0.2, 0) is 0 Å². The van der Waals surface area contributed by atoms with E-state index >= 15 is 0 Å². The first kappa shape index (κ1) is 14.8. The van der Waals surface area contributed by atoms with Crippen molar-refractivity contribution >= 4 is 5.78 Å². The van der Waals surface area contributed by atoms with Gasteiger partial charge in [0.2, 0.25) is 0 Å². The molecule has 2 nitrogen and oxygen atoms in total. The lowest BCUT2D eigenvalue weighted by Gasteiger charge is -2.16. The molecule has 0 saturated heterocycles. The first-order valence-corrected chi connectivity index (χ1v) is 6.11. The highest BCUT2D eigenvalue weighted by atomic mass is 19.1. The van der Waals surface area contributed by atoms with E-state index in [2.05, 4.69) is 13.8 Å². The van der Waals surface area contributed by atoms with Gasteiger partial charge in [0.15, 0.2) is 5.78 Å². The lowest BCUT2D eigenvalue weighted by molar-refractivity contribution is 0.0956. The van der Waals surface area contributed by atoms with Gasteiger partial charge in [-0.15, -0.1) is 0 Å². The van der Waals surface area contributed by atoms with Gasteiger partial charge in [-0.05, 0) is 36.9 Å². The highest BCUT2D eigenvalue weighted by Crippen LogP contribution is 2.18. The van der Waals surface area contributed by atoms with Crippen LogP contribution in [0.5, 0.6) is 0 Å². The maximum absolute atomic E-state index is 13.0. The highest BCUT2D eigenvalue weighted by Gasteiger charge is 2.16. The van der Waals surface area contributed by atoms with Crippen molar-refractivity contribution in [2.75, 3.05) is 6.54 Å². The molecule has 0 heterocycles. The van der Waals surface area contributed by atoms with Gasteiger partial charge in [-0.3, -0.25) is 4.79 Å². The van der Waals surface area contributed by atoms with Gasteiger partial charge in [0, 0.05) is 18.1 Å². The molecule has 4 heteroatoms. The molecule has 0 bridgehead atoms. The van der Waals surface area contributed by atoms with Crippen LogP contribution in [0.4, 0.5) is 8.78 Å². The molecular weight excluding hydrogens is 236 g/mol. The predicted octanol–water partition coefficient (Wildman–Crippen LogP) is 3.16. The maximum Gasteiger partial charge on any atom is 0.163 e. The zero-order chi connectivity index (χ0) is 13.7. The number of hydrogen-bond acceptors (Lipinski definition) is 2. The summed E-state index contributed by atoms with van der Waals surface area (Å²) in [6, 6.07) is 2.88. The summed E-state index contributed by atoms with van der Waals surface area (Å²) in [5, 5.41) is 0. The molecule has 0 saturated carbocycles. The second-order valence-electron chi connectivity index (χ2n) is 5.02. The fraction of sp³-hybridized carbons (Fsp3) is 0.500. The third-order valence-electron chi connectivity index (χ3n) is 2.80. The first-order valence-electron chi connectivity index (χ1n) is 6.11. The average Bonchev–Trinajstić information content (AvgIpc) is 2.26. The fourth-order valence-corrected chi connectivity index (χ4v) is 2.02. The minimum Gasteiger partial charge on any atom is -0.330 e. The van der Waals surface area contributed by atoms with E-state index in [-0.39, 0.29) is 23.7 Å². The molecule has 0 aromatic heterocycles. The quantitative estimate of drug-likeness (QED) is 0.793. The molecule has 0 spiro atoms. The third-order valence-corrected chi connectivity index (χ3v) is 2.80. The summed E-state index contributed by atoms with van der Waals surface area (Å²) in [4.78, 5) is 11.9. The molecule has 1 atom stereocenters. The van der Waals surface area contributed by atoms with Gasteiger partial charge in [0.1, 0.15) is 11.6 Å². The molecule has 18 heavy (non-hydrogen) atoms. The molecule has 100 valence electrons. The lowest BCUT2D eigenvalue weighted by atomic mass is 9.91. The normalized spacial score (nSPS) is 12.8. The first-order chi connectivity index (χ1) is 8.42. The van der Waals surface area contributed by atoms with Crippen molar-refractivity contribution in [3.05, 3.63) is 35.4 Å². The van der Waals surface area contributed by atoms with Gasteiger partial charge in [-0.25, -0.2) is 8.78 Å². The number of carbonyl (C=O) groups is 1. The van der Waals surface area contributed by atoms with Crippen LogP contribution in [0.1, 0.15) is 37.0 Å². The molecule has 0 aliphatic rings. The smallest absolute Gasteiger partial charge is 0.163 e. The Balaban J connectivity index is 2.74. The molecule has 0 aliphatic carbocycles. The van der Waals surface area contributed by atoms with Crippen LogP contribution in [0.3, 0.4) is 0 Å². The van der Waals surface area contributed by atoms with Gasteiger partial charge >= 0.3 is 0 Å². The summed E-state index contributed by atoms with van der Waals surface area (Å²) in [5.74, 6) is -1.22. The Hall–Kier alpha value is -1.29. The number of ketones is 1. The molecule has 1 aromatic rings. The molecule has 1 rings (SSSR count). The van der Waals surface area contributed by atoms with E-state index in [0.29, 0.717) is 12.5 Å². The van der Waals surface area contributed by atoms with Crippen LogP contribution in [0.15, 0.2) is 18.2 Å². The summed E-state index contributed by atoms with van der Waals surface area (Å²) in [6.45, 7) is 4.51. The lowest BCUT2D eigenvalue weighted by Crippen LogP contribution is -2.20. The zero-order valence-corrected chi connectivity index (χ0v) is 10.7. The van der Waals surface area contributed by atoms with Crippen LogP contribution in [0.25, 0.3) is 0 Å². The van der Waals surface area contributed by atoms with Crippen LogP contribution >= 0.6 is 0 Å². The standard InChI is InChI=1S/C14H19F2NO/c1-9(2)3-10(8-17)4-14(18)11-5-12(15)7-13(16)6-11/h5-7,9-10H,3-4,8,17H2,1-2H3. The zero-order valence-electron chi connectivity index (χ0n) is 10.7. The van der Waals surface area contributed by atoms with E-state index in [1.807, 2.05) is 0 Å². The summed E-state index contributed by atoms with van der Waals surface area (Å²) in [5.41, 5.74) is 5.69. The molecule has 0 aliphatic heterocycles. The van der Waals surface area contributed by atoms with Gasteiger partial charge in [0.05, 0.1) is 0 Å². The molecular formula is C14H19F2NO. The molecule has 1 aromatic carbocycles. The number of benzene rings is 1. The Morgan fingerprint density at radius 2 is 1.78 bits per heavy atom. The molecule has 2 N–H and O–H groups in total. The van der Waals surface area contributed by atoms with E-state index in [0.717, 1.165) is 24.6 Å². The number of rotatable bonds is 6. The van der Waals surface area contributed by atoms with Gasteiger partial charge in [-0.2, -0.15) is 0 Å². The average molecular weight is 255 g/mol. The SMILES string of the molecule is CC(C)CC(CN)CC(=O)c1cc(F)cc(F)c1. The van der Waals surface area contributed by atoms with Crippen molar-refractivity contribution < 1.29 is 13.6 Å². The Bertz CT molecular complexity index is 398. The number of carbonyl (C=O) groups excluding carboxylic acids is 1. The highest BCUT2D eigenvalue weighted by molar-refractivity contribution is 5.96. The molecule has 1 unspecified atom stereocenters. The molecule has 0 radical (unpaired) electrons. The third kappa shape index (κ3) is 4.53. The predicted molar refractivity (Wildman–Crippen MR) is 67.3 cm³/mol. The number of nitrogens with two attached hydrogens (primary N) is 1. The van der Waals surface area contributed by atoms with Crippen molar-refractivity contribution in [1.29, 1.82) is 0 Å². The Labute approximate surface area is 106 Å². The van der Waals surface area contributed by atoms with Gasteiger partial charge in [-0.1, -0.05) is 13.8 Å². The minimum absolute atomic E-state index is 0.0591. The van der Waals surface area contributed by atoms with Crippen molar-refractivity contribution in [2.24, 2.45) is 17.6 Å². The van der Waals surface area contributed by atoms with Crippen LogP contribution in [0, 0.1) is 23.5 Å². The van der Waals surface area contributed by atoms with Gasteiger partial charge in [0.25, 0.3) is 0 Å². The van der Waals surface area contributed by atoms with E-state index in [4.69, 9.17) is 5.73 Å². The number of Topliss-reactive ketones (excluding diaryl/α,β-unsaturated/α-hetero) is 1. The van der Waals surface area contributed by atoms with E-state index < -0.39 is 11.6 Å². The van der Waals surface area contributed by atoms with Crippen LogP contribution in [0.2, 0.25) is 0 Å². The van der Waals surface area contributed by atoms with E-state index in [1.54, 1.807) is 0 Å². The second kappa shape index (κ2) is 6.59. The minimum atomic E-state index is -0.730. The summed E-state index contributed by atoms with van der Waals surface area (Å²) in [7, 11) is 0. The monoisotopic (exact) mass is 255 g/mol. The van der Waals surface area contributed by atoms with Gasteiger partial charge < -0.3 is 5.73 Å². The molecule has 0 amide bonds. The summed E-state index contributed by atoms with van der Waals surface area (Å²) in [6.07, 6.45) is 1.07. The Morgan fingerprint density at radius 3 is 2.22 bits per heavy atom. The fourth-order valence-electron chi connectivity index (χ4n) is 2.02. The largest absolute Gasteiger partial charge is 0.330 e. The van der Waals surface area contributed by atoms with E-state index in [9.17, 15) is 13.6 Å². The van der Waals surface area contributed by atoms with Crippen LogP contribution < -0.4 is 5.73 Å². The van der Waals surface area contributed by atoms with Crippen LogP contribution in [-0.4, -0.2) is 12.3 Å². The Kier molecular flexibility index (Phi) is 5.41.